The lowest BCUT2D eigenvalue weighted by molar-refractivity contribution is 0.122. The number of aromatic nitrogens is 8. The van der Waals surface area contributed by atoms with Crippen LogP contribution in [-0.2, 0) is 11.3 Å². The lowest BCUT2D eigenvalue weighted by Crippen LogP contribution is -2.37. The zero-order chi connectivity index (χ0) is 22.9. The maximum Gasteiger partial charge on any atom is 0.191 e. The summed E-state index contributed by atoms with van der Waals surface area (Å²) in [5.41, 5.74) is 4.25. The second kappa shape index (κ2) is 8.52. The van der Waals surface area contributed by atoms with E-state index < -0.39 is 0 Å². The van der Waals surface area contributed by atoms with E-state index in [0.29, 0.717) is 36.7 Å². The van der Waals surface area contributed by atoms with Gasteiger partial charge in [-0.1, -0.05) is 29.5 Å². The molecule has 0 unspecified atom stereocenters. The Balaban J connectivity index is 1.25. The molecule has 0 atom stereocenters. The van der Waals surface area contributed by atoms with Crippen molar-refractivity contribution in [2.45, 2.75) is 6.54 Å². The Labute approximate surface area is 193 Å². The fourth-order valence-corrected chi connectivity index (χ4v) is 4.16. The molecule has 2 N–H and O–H groups in total. The average Bonchev–Trinajstić information content (AvgIpc) is 3.57. The second-order valence-electron chi connectivity index (χ2n) is 8.13. The lowest BCUT2D eigenvalue weighted by atomic mass is 10.1. The highest BCUT2D eigenvalue weighted by Gasteiger charge is 2.14. The van der Waals surface area contributed by atoms with Crippen LogP contribution in [0.2, 0.25) is 0 Å². The van der Waals surface area contributed by atoms with E-state index >= 15 is 0 Å². The molecule has 6 rings (SSSR count). The number of morpholine rings is 1. The molecule has 1 fully saturated rings. The van der Waals surface area contributed by atoms with Crippen LogP contribution in [0.15, 0.2) is 59.5 Å². The average molecular weight is 455 g/mol. The Hall–Kier alpha value is -4.38. The van der Waals surface area contributed by atoms with Gasteiger partial charge in [0.05, 0.1) is 31.5 Å². The topological polar surface area (TPSA) is 130 Å². The summed E-state index contributed by atoms with van der Waals surface area (Å²) in [6.45, 7) is 3.40. The van der Waals surface area contributed by atoms with E-state index in [-0.39, 0.29) is 5.43 Å². The van der Waals surface area contributed by atoms with E-state index in [1.165, 1.54) is 0 Å². The van der Waals surface area contributed by atoms with Crippen LogP contribution in [0.4, 0.5) is 5.82 Å². The van der Waals surface area contributed by atoms with Crippen LogP contribution in [0.25, 0.3) is 33.5 Å². The van der Waals surface area contributed by atoms with Gasteiger partial charge in [0.15, 0.2) is 11.3 Å². The number of nitrogens with zero attached hydrogens (tertiary/aromatic N) is 7. The molecule has 1 aliphatic heterocycles. The monoisotopic (exact) mass is 455 g/mol. The third kappa shape index (κ3) is 3.92. The smallest absolute Gasteiger partial charge is 0.191 e. The molecule has 11 nitrogen and oxygen atoms in total. The molecule has 0 amide bonds. The van der Waals surface area contributed by atoms with Crippen LogP contribution in [0.1, 0.15) is 5.56 Å². The van der Waals surface area contributed by atoms with E-state index in [0.717, 1.165) is 41.1 Å². The van der Waals surface area contributed by atoms with Crippen LogP contribution >= 0.6 is 0 Å². The predicted octanol–water partition coefficient (Wildman–Crippen LogP) is 1.85. The number of aromatic amines is 2. The zero-order valence-electron chi connectivity index (χ0n) is 18.2. The fraction of sp³-hybridized carbons (Fsp3) is 0.217. The molecule has 0 bridgehead atoms. The van der Waals surface area contributed by atoms with Gasteiger partial charge in [-0.2, -0.15) is 0 Å². The first-order chi connectivity index (χ1) is 16.7. The molecule has 0 aliphatic carbocycles. The molecule has 1 aliphatic rings. The number of hydrogen-bond acceptors (Lipinski definition) is 8. The van der Waals surface area contributed by atoms with Crippen LogP contribution in [0.5, 0.6) is 0 Å². The Morgan fingerprint density at radius 2 is 1.91 bits per heavy atom. The number of hydrogen-bond donors (Lipinski definition) is 2. The largest absolute Gasteiger partial charge is 0.378 e. The molecule has 170 valence electrons. The van der Waals surface area contributed by atoms with Crippen LogP contribution in [0, 0.1) is 0 Å². The van der Waals surface area contributed by atoms with E-state index in [1.54, 1.807) is 10.7 Å². The first kappa shape index (κ1) is 20.2. The summed E-state index contributed by atoms with van der Waals surface area (Å²) < 4.78 is 7.17. The third-order valence-electron chi connectivity index (χ3n) is 5.89. The highest BCUT2D eigenvalue weighted by Crippen LogP contribution is 2.23. The Bertz CT molecular complexity index is 1500. The predicted molar refractivity (Wildman–Crippen MR) is 125 cm³/mol. The molecule has 4 heterocycles. The van der Waals surface area contributed by atoms with Crippen LogP contribution in [0.3, 0.4) is 0 Å². The Morgan fingerprint density at radius 3 is 2.76 bits per heavy atom. The molecule has 0 saturated carbocycles. The number of rotatable bonds is 5. The van der Waals surface area contributed by atoms with Gasteiger partial charge in [0.25, 0.3) is 0 Å². The lowest BCUT2D eigenvalue weighted by Gasteiger charge is -2.28. The molecule has 11 heteroatoms. The number of pyridine rings is 1. The quantitative estimate of drug-likeness (QED) is 0.411. The number of tetrazole rings is 1. The van der Waals surface area contributed by atoms with E-state index in [4.69, 9.17) is 4.74 Å². The van der Waals surface area contributed by atoms with Crippen molar-refractivity contribution in [3.05, 3.63) is 70.5 Å². The highest BCUT2D eigenvalue weighted by atomic mass is 16.5. The third-order valence-corrected chi connectivity index (χ3v) is 5.89. The fourth-order valence-electron chi connectivity index (χ4n) is 4.16. The minimum Gasteiger partial charge on any atom is -0.378 e. The Kier molecular flexibility index (Phi) is 5.07. The minimum absolute atomic E-state index is 0.0248. The summed E-state index contributed by atoms with van der Waals surface area (Å²) in [6, 6.07) is 15.3. The van der Waals surface area contributed by atoms with Crippen molar-refractivity contribution in [2.24, 2.45) is 0 Å². The molecular formula is C23H21N9O2. The van der Waals surface area contributed by atoms with Crippen molar-refractivity contribution in [3.63, 3.8) is 0 Å². The molecule has 1 saturated heterocycles. The number of anilines is 1. The summed E-state index contributed by atoms with van der Waals surface area (Å²) in [7, 11) is 0. The van der Waals surface area contributed by atoms with Gasteiger partial charge in [0, 0.05) is 35.7 Å². The second-order valence-corrected chi connectivity index (χ2v) is 8.13. The van der Waals surface area contributed by atoms with E-state index in [9.17, 15) is 4.79 Å². The van der Waals surface area contributed by atoms with Gasteiger partial charge in [-0.25, -0.2) is 9.78 Å². The van der Waals surface area contributed by atoms with Crippen LogP contribution < -0.4 is 10.3 Å². The van der Waals surface area contributed by atoms with Gasteiger partial charge in [-0.3, -0.25) is 4.79 Å². The van der Waals surface area contributed by atoms with Gasteiger partial charge in [0.2, 0.25) is 0 Å². The van der Waals surface area contributed by atoms with Crippen molar-refractivity contribution in [3.8, 4) is 22.6 Å². The van der Waals surface area contributed by atoms with Crippen LogP contribution in [-0.4, -0.2) is 66.9 Å². The van der Waals surface area contributed by atoms with Crippen molar-refractivity contribution in [1.29, 1.82) is 0 Å². The van der Waals surface area contributed by atoms with Crippen molar-refractivity contribution < 1.29 is 4.74 Å². The SMILES string of the molecule is O=c1cc(N2CCOCC2)[nH]c2ccc(-c3cn(Cc4cccc(-c5nnn[nH]5)c4)nn3)cc12. The number of H-pyrrole nitrogens is 2. The summed E-state index contributed by atoms with van der Waals surface area (Å²) in [5.74, 6) is 1.43. The van der Waals surface area contributed by atoms with Gasteiger partial charge in [-0.15, -0.1) is 10.2 Å². The van der Waals surface area contributed by atoms with E-state index in [1.807, 2.05) is 48.7 Å². The van der Waals surface area contributed by atoms with Crippen molar-refractivity contribution in [2.75, 3.05) is 31.2 Å². The molecule has 0 spiro atoms. The summed E-state index contributed by atoms with van der Waals surface area (Å²) in [4.78, 5) is 18.4. The molecule has 2 aromatic carbocycles. The first-order valence-corrected chi connectivity index (χ1v) is 11.0. The summed E-state index contributed by atoms with van der Waals surface area (Å²) >= 11 is 0. The maximum absolute atomic E-state index is 12.9. The molecular weight excluding hydrogens is 434 g/mol. The standard InChI is InChI=1S/C23H21N9O2/c33-21-12-22(31-6-8-34-9-7-31)24-19-5-4-16(11-18(19)21)20-14-32(30-25-20)13-15-2-1-3-17(10-15)23-26-28-29-27-23/h1-5,10-12,14H,6-9,13H2,(H,24,33)(H,26,27,28,29). The summed E-state index contributed by atoms with van der Waals surface area (Å²) in [5, 5.41) is 23.2. The zero-order valence-corrected chi connectivity index (χ0v) is 18.2. The minimum atomic E-state index is -0.0248. The summed E-state index contributed by atoms with van der Waals surface area (Å²) in [6.07, 6.45) is 1.88. The number of fused-ring (bicyclic) bond motifs is 1. The molecule has 0 radical (unpaired) electrons. The molecule has 5 aromatic rings. The normalized spacial score (nSPS) is 14.1. The highest BCUT2D eigenvalue weighted by molar-refractivity contribution is 5.85. The van der Waals surface area contributed by atoms with Gasteiger partial charge < -0.3 is 14.6 Å². The molecule has 34 heavy (non-hydrogen) atoms. The first-order valence-electron chi connectivity index (χ1n) is 11.0. The molecule has 3 aromatic heterocycles. The van der Waals surface area contributed by atoms with Crippen molar-refractivity contribution >= 4 is 16.7 Å². The Morgan fingerprint density at radius 1 is 1.00 bits per heavy atom. The van der Waals surface area contributed by atoms with E-state index in [2.05, 4.69) is 40.8 Å². The van der Waals surface area contributed by atoms with Crippen molar-refractivity contribution in [1.82, 2.24) is 40.6 Å². The van der Waals surface area contributed by atoms with Gasteiger partial charge in [-0.05, 0) is 34.2 Å². The maximum atomic E-state index is 12.9. The number of ether oxygens (including phenoxy) is 1. The number of nitrogens with one attached hydrogen (secondary N) is 2. The number of benzene rings is 2. The van der Waals surface area contributed by atoms with Gasteiger partial charge >= 0.3 is 0 Å². The van der Waals surface area contributed by atoms with Gasteiger partial charge in [0.1, 0.15) is 11.5 Å².